The maximum Gasteiger partial charge on any atom is 0.407 e. The molecule has 3 aliphatic rings. The zero-order chi connectivity index (χ0) is 39.8. The first-order chi connectivity index (χ1) is 27.6. The fraction of sp³-hybridized carbons (Fsp3) is 0.349. The molecule has 6 unspecified atom stereocenters. The summed E-state index contributed by atoms with van der Waals surface area (Å²) in [6.45, 7) is 5.96. The second-order valence-corrected chi connectivity index (χ2v) is 15.0. The van der Waals surface area contributed by atoms with Crippen molar-refractivity contribution < 1.29 is 28.7 Å². The minimum Gasteiger partial charge on any atom is -0.453 e. The summed E-state index contributed by atoms with van der Waals surface area (Å²) in [5.41, 5.74) is 5.87. The highest BCUT2D eigenvalue weighted by molar-refractivity contribution is 5.91. The zero-order valence-electron chi connectivity index (χ0n) is 32.2. The molecule has 6 atom stereocenters. The quantitative estimate of drug-likeness (QED) is 0.114. The number of alkyl carbamates (subject to hydrolysis) is 2. The van der Waals surface area contributed by atoms with Crippen LogP contribution in [0.3, 0.4) is 0 Å². The van der Waals surface area contributed by atoms with Crippen LogP contribution in [0.2, 0.25) is 0 Å². The van der Waals surface area contributed by atoms with Gasteiger partial charge in [0, 0.05) is 18.2 Å². The predicted molar refractivity (Wildman–Crippen MR) is 213 cm³/mol. The van der Waals surface area contributed by atoms with Gasteiger partial charge in [0.05, 0.1) is 50.1 Å². The fourth-order valence-electron chi connectivity index (χ4n) is 8.80. The highest BCUT2D eigenvalue weighted by atomic mass is 16.5. The third kappa shape index (κ3) is 7.23. The average Bonchev–Trinajstić information content (AvgIpc) is 4.10. The van der Waals surface area contributed by atoms with Gasteiger partial charge in [0.1, 0.15) is 23.7 Å². The number of ether oxygens (including phenoxy) is 2. The standard InChI is InChI=1S/C43H46N8O6/c1-5-33(49-43(55)57-4)41(53)50-18-6-7-36(50)38-44-22-34(47-38)26-10-8-25(9-11-26)27-12-13-29-20-30(15-14-28(29)19-27)35-23-45-39(48-35)37-31-16-17-32(21-31)51(37)40(52)24(2)46-42(54)56-3/h5,8-15,19-20,22-24,31-33,36-37H,1,6-7,16-18,21H2,2-4H3,(H,44,47)(H,45,48)(H,46,54)(H,49,55). The number of fused-ring (bicyclic) bond motifs is 3. The number of nitrogens with zero attached hydrogens (tertiary/aromatic N) is 4. The number of methoxy groups -OCH3 is 2. The van der Waals surface area contributed by atoms with Gasteiger partial charge in [0.25, 0.3) is 0 Å². The molecule has 3 fully saturated rings. The summed E-state index contributed by atoms with van der Waals surface area (Å²) in [7, 11) is 2.54. The van der Waals surface area contributed by atoms with Gasteiger partial charge < -0.3 is 39.9 Å². The van der Waals surface area contributed by atoms with E-state index in [0.29, 0.717) is 18.3 Å². The number of aromatic amines is 2. The first-order valence-corrected chi connectivity index (χ1v) is 19.3. The molecule has 8 rings (SSSR count). The van der Waals surface area contributed by atoms with Crippen molar-refractivity contribution in [2.24, 2.45) is 5.92 Å². The fourth-order valence-corrected chi connectivity index (χ4v) is 8.80. The molecule has 294 valence electrons. The number of likely N-dealkylation sites (tertiary alicyclic amines) is 2. The normalized spacial score (nSPS) is 21.0. The molecule has 1 aliphatic carbocycles. The van der Waals surface area contributed by atoms with E-state index in [2.05, 4.69) is 97.6 Å². The van der Waals surface area contributed by atoms with Gasteiger partial charge in [-0.15, -0.1) is 6.58 Å². The molecule has 1 saturated carbocycles. The molecule has 4 N–H and O–H groups in total. The maximum absolute atomic E-state index is 13.5. The van der Waals surface area contributed by atoms with Crippen molar-refractivity contribution in [3.05, 3.63) is 97.4 Å². The lowest BCUT2D eigenvalue weighted by atomic mass is 9.97. The first-order valence-electron chi connectivity index (χ1n) is 19.3. The van der Waals surface area contributed by atoms with Crippen molar-refractivity contribution in [2.75, 3.05) is 20.8 Å². The third-order valence-electron chi connectivity index (χ3n) is 11.7. The molecule has 14 nitrogen and oxygen atoms in total. The monoisotopic (exact) mass is 770 g/mol. The first kappa shape index (κ1) is 37.5. The van der Waals surface area contributed by atoms with Crippen LogP contribution in [0.15, 0.2) is 85.7 Å². The zero-order valence-corrected chi connectivity index (χ0v) is 32.2. The van der Waals surface area contributed by atoms with E-state index in [1.165, 1.54) is 20.3 Å². The van der Waals surface area contributed by atoms with Gasteiger partial charge in [-0.25, -0.2) is 19.6 Å². The van der Waals surface area contributed by atoms with Crippen molar-refractivity contribution in [1.29, 1.82) is 0 Å². The lowest BCUT2D eigenvalue weighted by molar-refractivity contribution is -0.137. The van der Waals surface area contributed by atoms with E-state index < -0.39 is 24.3 Å². The minimum atomic E-state index is -0.889. The molecular weight excluding hydrogens is 725 g/mol. The highest BCUT2D eigenvalue weighted by Crippen LogP contribution is 2.50. The van der Waals surface area contributed by atoms with Gasteiger partial charge in [0.2, 0.25) is 11.8 Å². The van der Waals surface area contributed by atoms with E-state index >= 15 is 0 Å². The van der Waals surface area contributed by atoms with Crippen LogP contribution in [0.1, 0.15) is 62.8 Å². The van der Waals surface area contributed by atoms with E-state index in [1.54, 1.807) is 18.0 Å². The smallest absolute Gasteiger partial charge is 0.407 e. The second-order valence-electron chi connectivity index (χ2n) is 15.0. The Morgan fingerprint density at radius 1 is 0.789 bits per heavy atom. The largest absolute Gasteiger partial charge is 0.453 e. The van der Waals surface area contributed by atoms with Crippen molar-refractivity contribution in [3.8, 4) is 33.6 Å². The second kappa shape index (κ2) is 15.6. The SMILES string of the molecule is C=CC(NC(=O)OC)C(=O)N1CCCC1c1ncc(-c2ccc(-c3ccc4cc(-c5cnc(C6C7CCC(C7)N6C(=O)C(C)NC(=O)OC)[nH]5)ccc4c3)cc2)[nH]1. The number of imidazole rings is 2. The average molecular weight is 771 g/mol. The molecule has 3 aromatic carbocycles. The summed E-state index contributed by atoms with van der Waals surface area (Å²) in [5, 5.41) is 7.35. The number of amides is 4. The Bertz CT molecular complexity index is 2330. The van der Waals surface area contributed by atoms with Gasteiger partial charge in [0.15, 0.2) is 0 Å². The lowest BCUT2D eigenvalue weighted by Gasteiger charge is -2.36. The molecule has 4 heterocycles. The van der Waals surface area contributed by atoms with Crippen LogP contribution in [0.4, 0.5) is 9.59 Å². The summed E-state index contributed by atoms with van der Waals surface area (Å²) in [6.07, 6.45) is 8.23. The van der Waals surface area contributed by atoms with Gasteiger partial charge in [-0.3, -0.25) is 9.59 Å². The van der Waals surface area contributed by atoms with Crippen LogP contribution in [0, 0.1) is 5.92 Å². The number of hydrogen-bond donors (Lipinski definition) is 4. The van der Waals surface area contributed by atoms with E-state index in [1.807, 2.05) is 11.1 Å². The number of carbonyl (C=O) groups excluding carboxylic acids is 4. The van der Waals surface area contributed by atoms with E-state index in [4.69, 9.17) is 9.72 Å². The molecule has 4 amide bonds. The van der Waals surface area contributed by atoms with Crippen molar-refractivity contribution in [3.63, 3.8) is 0 Å². The van der Waals surface area contributed by atoms with Crippen molar-refractivity contribution in [1.82, 2.24) is 40.4 Å². The molecular formula is C43H46N8O6. The topological polar surface area (TPSA) is 175 Å². The Labute approximate surface area is 330 Å². The number of benzene rings is 3. The van der Waals surface area contributed by atoms with Crippen LogP contribution in [0.25, 0.3) is 44.4 Å². The Morgan fingerprint density at radius 3 is 2.12 bits per heavy atom. The Balaban J connectivity index is 0.949. The van der Waals surface area contributed by atoms with E-state index in [9.17, 15) is 19.2 Å². The number of carbonyl (C=O) groups is 4. The third-order valence-corrected chi connectivity index (χ3v) is 11.7. The number of piperidine rings is 1. The van der Waals surface area contributed by atoms with Crippen LogP contribution in [-0.4, -0.2) is 92.6 Å². The van der Waals surface area contributed by atoms with Crippen LogP contribution in [-0.2, 0) is 19.1 Å². The van der Waals surface area contributed by atoms with Gasteiger partial charge in [-0.1, -0.05) is 54.6 Å². The Kier molecular flexibility index (Phi) is 10.3. The Hall–Kier alpha value is -6.44. The number of rotatable bonds is 10. The Morgan fingerprint density at radius 2 is 1.40 bits per heavy atom. The van der Waals surface area contributed by atoms with Gasteiger partial charge >= 0.3 is 12.2 Å². The molecule has 2 saturated heterocycles. The van der Waals surface area contributed by atoms with Gasteiger partial charge in [-0.05, 0) is 84.5 Å². The number of H-pyrrole nitrogens is 2. The molecule has 14 heteroatoms. The van der Waals surface area contributed by atoms with Crippen LogP contribution >= 0.6 is 0 Å². The molecule has 0 radical (unpaired) electrons. The molecule has 5 aromatic rings. The van der Waals surface area contributed by atoms with E-state index in [0.717, 1.165) is 82.3 Å². The molecule has 0 spiro atoms. The summed E-state index contributed by atoms with van der Waals surface area (Å²) in [5.74, 6) is 1.40. The number of hydrogen-bond acceptors (Lipinski definition) is 8. The molecule has 2 aliphatic heterocycles. The van der Waals surface area contributed by atoms with Crippen molar-refractivity contribution >= 4 is 34.8 Å². The summed E-state index contributed by atoms with van der Waals surface area (Å²) in [6, 6.07) is 19.2. The highest BCUT2D eigenvalue weighted by Gasteiger charge is 2.50. The van der Waals surface area contributed by atoms with E-state index in [-0.39, 0.29) is 29.9 Å². The predicted octanol–water partition coefficient (Wildman–Crippen LogP) is 6.66. The van der Waals surface area contributed by atoms with Crippen LogP contribution in [0.5, 0.6) is 0 Å². The van der Waals surface area contributed by atoms with Crippen molar-refractivity contribution in [2.45, 2.75) is 69.2 Å². The summed E-state index contributed by atoms with van der Waals surface area (Å²) < 4.78 is 9.38. The molecule has 2 bridgehead atoms. The number of aromatic nitrogens is 4. The maximum atomic E-state index is 13.5. The minimum absolute atomic E-state index is 0.126. The summed E-state index contributed by atoms with van der Waals surface area (Å²) >= 11 is 0. The number of nitrogens with one attached hydrogen (secondary N) is 4. The molecule has 2 aromatic heterocycles. The van der Waals surface area contributed by atoms with Gasteiger partial charge in [-0.2, -0.15) is 0 Å². The molecule has 57 heavy (non-hydrogen) atoms. The summed E-state index contributed by atoms with van der Waals surface area (Å²) in [4.78, 5) is 70.4. The lowest BCUT2D eigenvalue weighted by Crippen LogP contribution is -2.50. The van der Waals surface area contributed by atoms with Crippen LogP contribution < -0.4 is 10.6 Å².